The topological polar surface area (TPSA) is 55.0 Å². The molecule has 7 heteroatoms. The molecule has 1 saturated carbocycles. The monoisotopic (exact) mass is 246 g/mol. The molecule has 1 aliphatic rings. The van der Waals surface area contributed by atoms with Crippen molar-refractivity contribution in [3.63, 3.8) is 0 Å². The molecule has 0 unspecified atom stereocenters. The molecule has 0 spiro atoms. The fraction of sp³-hybridized carbons (Fsp3) is 0.600. The summed E-state index contributed by atoms with van der Waals surface area (Å²) < 4.78 is 36.9. The first kappa shape index (κ1) is 12.1. The lowest BCUT2D eigenvalue weighted by Gasteiger charge is -2.22. The minimum absolute atomic E-state index is 0.351. The fourth-order valence-electron chi connectivity index (χ4n) is 1.64. The second-order valence-corrected chi connectivity index (χ2v) is 3.99. The molecule has 0 bridgehead atoms. The number of rotatable bonds is 4. The molecule has 1 fully saturated rings. The number of halogens is 3. The van der Waals surface area contributed by atoms with Gasteiger partial charge in [-0.3, -0.25) is 0 Å². The van der Waals surface area contributed by atoms with E-state index < -0.39 is 11.9 Å². The second-order valence-electron chi connectivity index (χ2n) is 3.99. The number of hydrogen-bond donors (Lipinski definition) is 1. The lowest BCUT2D eigenvalue weighted by molar-refractivity contribution is -0.141. The molecule has 94 valence electrons. The quantitative estimate of drug-likeness (QED) is 0.873. The highest BCUT2D eigenvalue weighted by atomic mass is 19.4. The number of hydrogen-bond acceptors (Lipinski definition) is 4. The molecule has 0 aliphatic heterocycles. The summed E-state index contributed by atoms with van der Waals surface area (Å²) in [4.78, 5) is 1.91. The zero-order chi connectivity index (χ0) is 12.5. The largest absolute Gasteiger partial charge is 0.435 e. The van der Waals surface area contributed by atoms with Crippen LogP contribution in [0.4, 0.5) is 19.0 Å². The summed E-state index contributed by atoms with van der Waals surface area (Å²) >= 11 is 0. The van der Waals surface area contributed by atoms with Gasteiger partial charge < -0.3 is 10.6 Å². The summed E-state index contributed by atoms with van der Waals surface area (Å²) in [6, 6.07) is 2.66. The van der Waals surface area contributed by atoms with E-state index in [0.29, 0.717) is 24.9 Å². The Kier molecular flexibility index (Phi) is 3.19. The van der Waals surface area contributed by atoms with Crippen LogP contribution in [0.3, 0.4) is 0 Å². The van der Waals surface area contributed by atoms with Crippen LogP contribution in [0.5, 0.6) is 0 Å². The molecule has 0 saturated heterocycles. The van der Waals surface area contributed by atoms with Gasteiger partial charge in [0.15, 0.2) is 11.5 Å². The maximum atomic E-state index is 12.3. The molecular weight excluding hydrogens is 233 g/mol. The molecule has 0 amide bonds. The van der Waals surface area contributed by atoms with Gasteiger partial charge in [-0.25, -0.2) is 0 Å². The summed E-state index contributed by atoms with van der Waals surface area (Å²) in [6.07, 6.45) is -2.38. The predicted molar refractivity (Wildman–Crippen MR) is 56.5 cm³/mol. The van der Waals surface area contributed by atoms with Crippen molar-refractivity contribution in [2.45, 2.75) is 25.1 Å². The highest BCUT2D eigenvalue weighted by molar-refractivity contribution is 5.40. The van der Waals surface area contributed by atoms with Gasteiger partial charge in [0, 0.05) is 19.1 Å². The van der Waals surface area contributed by atoms with Gasteiger partial charge in [-0.1, -0.05) is 0 Å². The van der Waals surface area contributed by atoms with Crippen LogP contribution in [0.2, 0.25) is 0 Å². The summed E-state index contributed by atoms with van der Waals surface area (Å²) in [5, 5.41) is 6.83. The molecule has 0 radical (unpaired) electrons. The third kappa shape index (κ3) is 2.85. The number of nitrogens with zero attached hydrogens (tertiary/aromatic N) is 3. The van der Waals surface area contributed by atoms with E-state index >= 15 is 0 Å². The van der Waals surface area contributed by atoms with Gasteiger partial charge in [0.25, 0.3) is 0 Å². The Morgan fingerprint density at radius 1 is 1.29 bits per heavy atom. The van der Waals surface area contributed by atoms with Crippen molar-refractivity contribution >= 4 is 5.82 Å². The first-order valence-corrected chi connectivity index (χ1v) is 5.40. The lowest BCUT2D eigenvalue weighted by Crippen LogP contribution is -2.32. The Labute approximate surface area is 96.6 Å². The molecule has 2 rings (SSSR count). The van der Waals surface area contributed by atoms with Gasteiger partial charge in [-0.05, 0) is 25.0 Å². The van der Waals surface area contributed by atoms with Gasteiger partial charge in [-0.15, -0.1) is 10.2 Å². The average Bonchev–Trinajstić information content (AvgIpc) is 3.09. The van der Waals surface area contributed by atoms with Crippen LogP contribution in [0.25, 0.3) is 0 Å². The summed E-state index contributed by atoms with van der Waals surface area (Å²) in [7, 11) is 0. The molecule has 1 heterocycles. The van der Waals surface area contributed by atoms with E-state index in [-0.39, 0.29) is 0 Å². The summed E-state index contributed by atoms with van der Waals surface area (Å²) in [6.45, 7) is 1.03. The highest BCUT2D eigenvalue weighted by Gasteiger charge is 2.34. The highest BCUT2D eigenvalue weighted by Crippen LogP contribution is 2.31. The smallest absolute Gasteiger partial charge is 0.351 e. The van der Waals surface area contributed by atoms with E-state index in [2.05, 4.69) is 10.2 Å². The van der Waals surface area contributed by atoms with Crippen LogP contribution in [-0.4, -0.2) is 29.3 Å². The number of nitrogens with two attached hydrogens (primary N) is 1. The number of aromatic nitrogens is 2. The molecule has 1 aliphatic carbocycles. The maximum Gasteiger partial charge on any atom is 0.435 e. The minimum Gasteiger partial charge on any atom is -0.351 e. The van der Waals surface area contributed by atoms with E-state index in [4.69, 9.17) is 5.73 Å². The maximum absolute atomic E-state index is 12.3. The average molecular weight is 246 g/mol. The molecule has 1 aromatic heterocycles. The van der Waals surface area contributed by atoms with Crippen molar-refractivity contribution in [1.82, 2.24) is 10.2 Å². The van der Waals surface area contributed by atoms with E-state index in [9.17, 15) is 13.2 Å². The van der Waals surface area contributed by atoms with Crippen molar-refractivity contribution in [3.05, 3.63) is 17.8 Å². The Bertz CT molecular complexity index is 372. The molecule has 4 nitrogen and oxygen atoms in total. The van der Waals surface area contributed by atoms with Crippen LogP contribution in [-0.2, 0) is 6.18 Å². The third-order valence-corrected chi connectivity index (χ3v) is 2.59. The summed E-state index contributed by atoms with van der Waals surface area (Å²) in [5.74, 6) is 0.464. The van der Waals surface area contributed by atoms with Crippen molar-refractivity contribution in [2.75, 3.05) is 18.0 Å². The molecule has 0 atom stereocenters. The number of alkyl halides is 3. The standard InChI is InChI=1S/C10H13F3N4/c11-10(12,13)8-3-4-9(16-15-8)17(6-5-14)7-1-2-7/h3-4,7H,1-2,5-6,14H2. The van der Waals surface area contributed by atoms with Crippen LogP contribution in [0.1, 0.15) is 18.5 Å². The summed E-state index contributed by atoms with van der Waals surface area (Å²) in [5.41, 5.74) is 4.49. The van der Waals surface area contributed by atoms with Crippen molar-refractivity contribution in [2.24, 2.45) is 5.73 Å². The Morgan fingerprint density at radius 3 is 2.41 bits per heavy atom. The minimum atomic E-state index is -4.44. The van der Waals surface area contributed by atoms with Crippen molar-refractivity contribution in [3.8, 4) is 0 Å². The first-order chi connectivity index (χ1) is 8.02. The van der Waals surface area contributed by atoms with Gasteiger partial charge >= 0.3 is 6.18 Å². The second kappa shape index (κ2) is 4.48. The Balaban J connectivity index is 2.15. The molecular formula is C10H13F3N4. The Hall–Kier alpha value is -1.37. The number of anilines is 1. The van der Waals surface area contributed by atoms with Crippen LogP contribution < -0.4 is 10.6 Å². The van der Waals surface area contributed by atoms with E-state index in [1.54, 1.807) is 0 Å². The Morgan fingerprint density at radius 2 is 2.00 bits per heavy atom. The van der Waals surface area contributed by atoms with E-state index in [1.807, 2.05) is 4.90 Å². The SMILES string of the molecule is NCCN(c1ccc(C(F)(F)F)nn1)C1CC1. The normalized spacial score (nSPS) is 16.0. The van der Waals surface area contributed by atoms with Crippen LogP contribution in [0.15, 0.2) is 12.1 Å². The van der Waals surface area contributed by atoms with E-state index in [1.165, 1.54) is 6.07 Å². The fourth-order valence-corrected chi connectivity index (χ4v) is 1.64. The van der Waals surface area contributed by atoms with Crippen LogP contribution in [0, 0.1) is 0 Å². The molecule has 1 aromatic rings. The van der Waals surface area contributed by atoms with Gasteiger partial charge in [0.2, 0.25) is 0 Å². The van der Waals surface area contributed by atoms with E-state index in [0.717, 1.165) is 18.9 Å². The molecule has 2 N–H and O–H groups in total. The van der Waals surface area contributed by atoms with Crippen LogP contribution >= 0.6 is 0 Å². The van der Waals surface area contributed by atoms with Gasteiger partial charge in [0.1, 0.15) is 0 Å². The zero-order valence-corrected chi connectivity index (χ0v) is 9.11. The molecule has 17 heavy (non-hydrogen) atoms. The van der Waals surface area contributed by atoms with Gasteiger partial charge in [-0.2, -0.15) is 13.2 Å². The van der Waals surface area contributed by atoms with Crippen molar-refractivity contribution < 1.29 is 13.2 Å². The third-order valence-electron chi connectivity index (χ3n) is 2.59. The van der Waals surface area contributed by atoms with Gasteiger partial charge in [0.05, 0.1) is 0 Å². The van der Waals surface area contributed by atoms with Crippen molar-refractivity contribution in [1.29, 1.82) is 0 Å². The lowest BCUT2D eigenvalue weighted by atomic mass is 10.3. The first-order valence-electron chi connectivity index (χ1n) is 5.40. The predicted octanol–water partition coefficient (Wildman–Crippen LogP) is 1.42. The zero-order valence-electron chi connectivity index (χ0n) is 9.11. The molecule has 0 aromatic carbocycles.